The van der Waals surface area contributed by atoms with Gasteiger partial charge in [0.05, 0.1) is 33.8 Å². The summed E-state index contributed by atoms with van der Waals surface area (Å²) in [4.78, 5) is 7.26. The van der Waals surface area contributed by atoms with Crippen LogP contribution < -0.4 is 14.7 Å². The van der Waals surface area contributed by atoms with Crippen LogP contribution in [0.2, 0.25) is 0 Å². The van der Waals surface area contributed by atoms with Gasteiger partial charge in [-0.3, -0.25) is 0 Å². The predicted molar refractivity (Wildman–Crippen MR) is 296 cm³/mol. The van der Waals surface area contributed by atoms with E-state index in [2.05, 4.69) is 286 Å². The molecule has 2 heterocycles. The highest BCUT2D eigenvalue weighted by Crippen LogP contribution is 2.56. The van der Waals surface area contributed by atoms with E-state index in [0.717, 1.165) is 67.9 Å². The molecule has 0 aliphatic carbocycles. The van der Waals surface area contributed by atoms with Crippen LogP contribution >= 0.6 is 0 Å². The molecular weight excluding hydrogens is 849 g/mol. The van der Waals surface area contributed by atoms with Gasteiger partial charge in [-0.1, -0.05) is 170 Å². The number of rotatable bonds is 8. The molecule has 4 heteroatoms. The third kappa shape index (κ3) is 6.24. The quantitative estimate of drug-likeness (QED) is 0.151. The molecule has 14 rings (SSSR count). The SMILES string of the molecule is c1ccc(N(c2ccccc2)c2ccc3c(c2)N(c2cccc4ccccc24)c2cccc4c2c-3cc2c4c3ccc(N(c4ccccc4)c4ccccc4)cc3n2-c2cccc3ccccc23)cc1. The van der Waals surface area contributed by atoms with Crippen LogP contribution in [-0.2, 0) is 0 Å². The van der Waals surface area contributed by atoms with Crippen molar-refractivity contribution in [1.29, 1.82) is 0 Å². The second-order valence-corrected chi connectivity index (χ2v) is 18.1. The minimum Gasteiger partial charge on any atom is -0.310 e. The van der Waals surface area contributed by atoms with E-state index < -0.39 is 0 Å². The van der Waals surface area contributed by atoms with Gasteiger partial charge in [0, 0.05) is 66.6 Å². The van der Waals surface area contributed by atoms with Crippen LogP contribution in [0, 0.1) is 0 Å². The van der Waals surface area contributed by atoms with Gasteiger partial charge in [-0.2, -0.15) is 0 Å². The monoisotopic (exact) mass is 892 g/mol. The lowest BCUT2D eigenvalue weighted by molar-refractivity contribution is 1.19. The minimum atomic E-state index is 1.08. The number of para-hydroxylation sites is 4. The first-order valence-corrected chi connectivity index (χ1v) is 24.0. The summed E-state index contributed by atoms with van der Waals surface area (Å²) >= 11 is 0. The van der Waals surface area contributed by atoms with Crippen LogP contribution in [0.15, 0.2) is 267 Å². The summed E-state index contributed by atoms with van der Waals surface area (Å²) in [5.41, 5.74) is 15.8. The highest BCUT2D eigenvalue weighted by Gasteiger charge is 2.31. The molecule has 0 spiro atoms. The minimum absolute atomic E-state index is 1.08. The summed E-state index contributed by atoms with van der Waals surface area (Å²) in [6.45, 7) is 0. The molecule has 0 unspecified atom stereocenters. The molecule has 0 saturated carbocycles. The Balaban J connectivity index is 1.10. The summed E-state index contributed by atoms with van der Waals surface area (Å²) in [6.07, 6.45) is 0. The van der Waals surface area contributed by atoms with E-state index in [1.165, 1.54) is 54.2 Å². The Hall–Kier alpha value is -9.38. The van der Waals surface area contributed by atoms with Crippen molar-refractivity contribution in [3.05, 3.63) is 267 Å². The zero-order chi connectivity index (χ0) is 46.1. The van der Waals surface area contributed by atoms with Gasteiger partial charge in [-0.15, -0.1) is 0 Å². The van der Waals surface area contributed by atoms with Crippen molar-refractivity contribution < 1.29 is 0 Å². The average molecular weight is 893 g/mol. The van der Waals surface area contributed by atoms with Crippen molar-refractivity contribution in [3.8, 4) is 16.8 Å². The topological polar surface area (TPSA) is 14.7 Å². The van der Waals surface area contributed by atoms with Crippen LogP contribution in [0.3, 0.4) is 0 Å². The zero-order valence-electron chi connectivity index (χ0n) is 38.2. The Labute approximate surface area is 406 Å². The number of anilines is 9. The molecule has 70 heavy (non-hydrogen) atoms. The Morgan fingerprint density at radius 3 is 1.30 bits per heavy atom. The van der Waals surface area contributed by atoms with Crippen LogP contribution in [0.1, 0.15) is 0 Å². The van der Waals surface area contributed by atoms with Gasteiger partial charge in [-0.25, -0.2) is 0 Å². The maximum atomic E-state index is 2.53. The molecular formula is C66H44N4. The molecule has 4 nitrogen and oxygen atoms in total. The normalized spacial score (nSPS) is 12.0. The molecule has 328 valence electrons. The molecule has 0 fully saturated rings. The molecule has 1 aromatic heterocycles. The van der Waals surface area contributed by atoms with E-state index in [0.29, 0.717) is 0 Å². The van der Waals surface area contributed by atoms with Gasteiger partial charge in [0.2, 0.25) is 0 Å². The van der Waals surface area contributed by atoms with Gasteiger partial charge < -0.3 is 19.3 Å². The maximum Gasteiger partial charge on any atom is 0.0562 e. The summed E-state index contributed by atoms with van der Waals surface area (Å²) in [5.74, 6) is 0. The lowest BCUT2D eigenvalue weighted by atomic mass is 9.88. The number of fused-ring (bicyclic) bond motifs is 8. The summed E-state index contributed by atoms with van der Waals surface area (Å²) in [7, 11) is 0. The van der Waals surface area contributed by atoms with Crippen molar-refractivity contribution in [2.24, 2.45) is 0 Å². The Bertz CT molecular complexity index is 4040. The van der Waals surface area contributed by atoms with Crippen molar-refractivity contribution >= 4 is 105 Å². The standard InChI is InChI=1S/C66H44N4/c1-5-24-47(25-6-1)67(48-26-7-2-8-27-48)51-38-40-55-58-44-64-65(57-34-19-37-61(66(57)58)69(62(55)42-51)59-35-17-22-45-20-13-15-32-53(45)59)56-41-39-52(68(49-28-9-3-10-29-49)50-30-11-4-12-31-50)43-63(56)70(64)60-36-18-23-46-21-14-16-33-54(46)60/h1-44H. The zero-order valence-corrected chi connectivity index (χ0v) is 38.2. The van der Waals surface area contributed by atoms with E-state index in [4.69, 9.17) is 0 Å². The largest absolute Gasteiger partial charge is 0.310 e. The summed E-state index contributed by atoms with van der Waals surface area (Å²) < 4.78 is 2.53. The van der Waals surface area contributed by atoms with Gasteiger partial charge in [-0.05, 0) is 119 Å². The average Bonchev–Trinajstić information content (AvgIpc) is 3.75. The third-order valence-corrected chi connectivity index (χ3v) is 14.2. The smallest absolute Gasteiger partial charge is 0.0562 e. The molecule has 0 amide bonds. The highest BCUT2D eigenvalue weighted by molar-refractivity contribution is 6.29. The van der Waals surface area contributed by atoms with Crippen molar-refractivity contribution in [2.45, 2.75) is 0 Å². The number of hydrogen-bond acceptors (Lipinski definition) is 3. The second-order valence-electron chi connectivity index (χ2n) is 18.1. The van der Waals surface area contributed by atoms with Gasteiger partial charge >= 0.3 is 0 Å². The maximum absolute atomic E-state index is 2.53. The van der Waals surface area contributed by atoms with Gasteiger partial charge in [0.25, 0.3) is 0 Å². The highest BCUT2D eigenvalue weighted by atomic mass is 15.2. The Kier molecular flexibility index (Phi) is 9.17. The fourth-order valence-electron chi connectivity index (χ4n) is 11.2. The van der Waals surface area contributed by atoms with E-state index in [1.54, 1.807) is 0 Å². The predicted octanol–water partition coefficient (Wildman–Crippen LogP) is 18.6. The first-order valence-electron chi connectivity index (χ1n) is 24.0. The van der Waals surface area contributed by atoms with Crippen LogP contribution in [0.4, 0.5) is 51.2 Å². The van der Waals surface area contributed by atoms with E-state index in [-0.39, 0.29) is 0 Å². The van der Waals surface area contributed by atoms with Gasteiger partial charge in [0.1, 0.15) is 0 Å². The number of nitrogens with zero attached hydrogens (tertiary/aromatic N) is 4. The number of aromatic nitrogens is 1. The molecule has 12 aromatic carbocycles. The number of benzene rings is 12. The number of hydrogen-bond donors (Lipinski definition) is 0. The van der Waals surface area contributed by atoms with Crippen LogP contribution in [-0.4, -0.2) is 4.57 Å². The lowest BCUT2D eigenvalue weighted by Gasteiger charge is -2.36. The van der Waals surface area contributed by atoms with Crippen molar-refractivity contribution in [1.82, 2.24) is 4.57 Å². The molecule has 1 aliphatic heterocycles. The summed E-state index contributed by atoms with van der Waals surface area (Å²) in [5, 5.41) is 9.71. The molecule has 13 aromatic rings. The van der Waals surface area contributed by atoms with Crippen molar-refractivity contribution in [3.63, 3.8) is 0 Å². The Morgan fingerprint density at radius 2 is 0.700 bits per heavy atom. The first kappa shape index (κ1) is 39.8. The van der Waals surface area contributed by atoms with E-state index in [9.17, 15) is 0 Å². The fraction of sp³-hybridized carbons (Fsp3) is 0. The molecule has 0 N–H and O–H groups in total. The summed E-state index contributed by atoms with van der Waals surface area (Å²) in [6, 6.07) is 97.3. The van der Waals surface area contributed by atoms with E-state index >= 15 is 0 Å². The van der Waals surface area contributed by atoms with Crippen LogP contribution in [0.5, 0.6) is 0 Å². The van der Waals surface area contributed by atoms with E-state index in [1.807, 2.05) is 0 Å². The molecule has 1 aliphatic rings. The Morgan fingerprint density at radius 1 is 0.243 bits per heavy atom. The molecule has 0 atom stereocenters. The molecule has 0 radical (unpaired) electrons. The first-order chi connectivity index (χ1) is 34.8. The van der Waals surface area contributed by atoms with Crippen molar-refractivity contribution in [2.75, 3.05) is 14.7 Å². The lowest BCUT2D eigenvalue weighted by Crippen LogP contribution is -2.17. The van der Waals surface area contributed by atoms with Crippen LogP contribution in [0.25, 0.3) is 70.9 Å². The second kappa shape index (κ2) is 16.2. The van der Waals surface area contributed by atoms with Gasteiger partial charge in [0.15, 0.2) is 0 Å². The molecule has 0 saturated heterocycles. The third-order valence-electron chi connectivity index (χ3n) is 14.2. The fourth-order valence-corrected chi connectivity index (χ4v) is 11.2. The molecule has 0 bridgehead atoms.